The molecule has 0 fully saturated rings. The van der Waals surface area contributed by atoms with Crippen LogP contribution in [-0.4, -0.2) is 43.1 Å². The lowest BCUT2D eigenvalue weighted by atomic mass is 10.0. The number of carbonyl (C=O) groups excluding carboxylic acids is 3. The third kappa shape index (κ3) is 6.08. The van der Waals surface area contributed by atoms with Crippen molar-refractivity contribution in [3.05, 3.63) is 35.4 Å². The van der Waals surface area contributed by atoms with Crippen molar-refractivity contribution in [2.45, 2.75) is 32.6 Å². The number of ketones is 1. The molecule has 22 heavy (non-hydrogen) atoms. The molecular formula is C17H24N2O3. The van der Waals surface area contributed by atoms with Crippen LogP contribution in [0.4, 0.5) is 0 Å². The van der Waals surface area contributed by atoms with Crippen molar-refractivity contribution < 1.29 is 14.4 Å². The normalized spacial score (nSPS) is 10.1. The van der Waals surface area contributed by atoms with Gasteiger partial charge >= 0.3 is 0 Å². The minimum atomic E-state index is -0.286. The fourth-order valence-electron chi connectivity index (χ4n) is 1.94. The highest BCUT2D eigenvalue weighted by atomic mass is 16.2. The second kappa shape index (κ2) is 8.97. The lowest BCUT2D eigenvalue weighted by Crippen LogP contribution is -2.36. The van der Waals surface area contributed by atoms with E-state index in [1.54, 1.807) is 26.2 Å². The van der Waals surface area contributed by atoms with E-state index >= 15 is 0 Å². The number of Topliss-reactive ketones (excluding diaryl/α,β-unsaturated/α-hetero) is 1. The lowest BCUT2D eigenvalue weighted by molar-refractivity contribution is -0.130. The van der Waals surface area contributed by atoms with E-state index in [1.807, 2.05) is 12.1 Å². The zero-order valence-electron chi connectivity index (χ0n) is 13.5. The van der Waals surface area contributed by atoms with Gasteiger partial charge in [0, 0.05) is 32.5 Å². The highest BCUT2D eigenvalue weighted by molar-refractivity contribution is 5.98. The Bertz CT molecular complexity index is 521. The molecule has 0 aliphatic carbocycles. The smallest absolute Gasteiger partial charge is 0.241 e. The second-order valence-electron chi connectivity index (χ2n) is 5.43. The third-order valence-corrected chi connectivity index (χ3v) is 3.33. The largest absolute Gasteiger partial charge is 0.347 e. The molecule has 2 amide bonds. The number of nitrogens with one attached hydrogen (secondary N) is 1. The predicted molar refractivity (Wildman–Crippen MR) is 85.7 cm³/mol. The Balaban J connectivity index is 2.38. The SMILES string of the molecule is CCCc1ccc(C(=O)CCC(=O)NCC(=O)N(C)C)cc1. The van der Waals surface area contributed by atoms with Crippen LogP contribution >= 0.6 is 0 Å². The van der Waals surface area contributed by atoms with Crippen molar-refractivity contribution in [1.29, 1.82) is 0 Å². The van der Waals surface area contributed by atoms with Gasteiger partial charge in [0.1, 0.15) is 0 Å². The molecule has 0 aromatic heterocycles. The van der Waals surface area contributed by atoms with E-state index in [0.29, 0.717) is 5.56 Å². The van der Waals surface area contributed by atoms with Crippen LogP contribution in [0.3, 0.4) is 0 Å². The molecule has 5 heteroatoms. The van der Waals surface area contributed by atoms with Crippen LogP contribution in [0.1, 0.15) is 42.1 Å². The summed E-state index contributed by atoms with van der Waals surface area (Å²) in [4.78, 5) is 36.4. The highest BCUT2D eigenvalue weighted by Crippen LogP contribution is 2.09. The number of likely N-dealkylation sites (N-methyl/N-ethyl adjacent to an activating group) is 1. The van der Waals surface area contributed by atoms with Crippen molar-refractivity contribution in [2.24, 2.45) is 0 Å². The number of rotatable bonds is 8. The number of hydrogen-bond acceptors (Lipinski definition) is 3. The van der Waals surface area contributed by atoms with Gasteiger partial charge in [-0.05, 0) is 12.0 Å². The summed E-state index contributed by atoms with van der Waals surface area (Å²) in [6.45, 7) is 2.07. The van der Waals surface area contributed by atoms with E-state index in [9.17, 15) is 14.4 Å². The van der Waals surface area contributed by atoms with Crippen LogP contribution in [0.2, 0.25) is 0 Å². The lowest BCUT2D eigenvalue weighted by Gasteiger charge is -2.10. The van der Waals surface area contributed by atoms with Gasteiger partial charge in [0.25, 0.3) is 0 Å². The monoisotopic (exact) mass is 304 g/mol. The van der Waals surface area contributed by atoms with Gasteiger partial charge in [-0.15, -0.1) is 0 Å². The molecule has 0 spiro atoms. The molecule has 0 aliphatic heterocycles. The number of amides is 2. The molecule has 5 nitrogen and oxygen atoms in total. The molecule has 0 heterocycles. The number of benzene rings is 1. The summed E-state index contributed by atoms with van der Waals surface area (Å²) in [7, 11) is 3.25. The van der Waals surface area contributed by atoms with Crippen LogP contribution in [0.15, 0.2) is 24.3 Å². The second-order valence-corrected chi connectivity index (χ2v) is 5.43. The average molecular weight is 304 g/mol. The molecule has 1 aromatic rings. The van der Waals surface area contributed by atoms with Gasteiger partial charge in [-0.3, -0.25) is 14.4 Å². The topological polar surface area (TPSA) is 66.5 Å². The Morgan fingerprint density at radius 3 is 2.23 bits per heavy atom. The van der Waals surface area contributed by atoms with Crippen LogP contribution < -0.4 is 5.32 Å². The standard InChI is InChI=1S/C17H24N2O3/c1-4-5-13-6-8-14(9-7-13)15(20)10-11-16(21)18-12-17(22)19(2)3/h6-9H,4-5,10-12H2,1-3H3,(H,18,21). The Morgan fingerprint density at radius 2 is 1.68 bits per heavy atom. The first-order valence-corrected chi connectivity index (χ1v) is 7.53. The Kier molecular flexibility index (Phi) is 7.29. The zero-order valence-corrected chi connectivity index (χ0v) is 13.5. The molecule has 1 N–H and O–H groups in total. The van der Waals surface area contributed by atoms with Crippen LogP contribution in [0, 0.1) is 0 Å². The molecular weight excluding hydrogens is 280 g/mol. The summed E-state index contributed by atoms with van der Waals surface area (Å²) < 4.78 is 0. The summed E-state index contributed by atoms with van der Waals surface area (Å²) in [6.07, 6.45) is 2.31. The van der Waals surface area contributed by atoms with Crippen LogP contribution in [-0.2, 0) is 16.0 Å². The summed E-state index contributed by atoms with van der Waals surface area (Å²) in [5, 5.41) is 2.51. The molecule has 1 rings (SSSR count). The summed E-state index contributed by atoms with van der Waals surface area (Å²) in [5.41, 5.74) is 1.83. The van der Waals surface area contributed by atoms with Crippen LogP contribution in [0.25, 0.3) is 0 Å². The minimum absolute atomic E-state index is 0.0360. The van der Waals surface area contributed by atoms with Gasteiger partial charge in [0.05, 0.1) is 6.54 Å². The van der Waals surface area contributed by atoms with E-state index in [2.05, 4.69) is 12.2 Å². The fraction of sp³-hybridized carbons (Fsp3) is 0.471. The van der Waals surface area contributed by atoms with Gasteiger partial charge in [-0.1, -0.05) is 37.6 Å². The first-order chi connectivity index (χ1) is 10.4. The van der Waals surface area contributed by atoms with E-state index in [4.69, 9.17) is 0 Å². The predicted octanol–water partition coefficient (Wildman–Crippen LogP) is 1.81. The number of hydrogen-bond donors (Lipinski definition) is 1. The van der Waals surface area contributed by atoms with Crippen molar-refractivity contribution in [1.82, 2.24) is 10.2 Å². The van der Waals surface area contributed by atoms with Gasteiger partial charge in [0.15, 0.2) is 5.78 Å². The quantitative estimate of drug-likeness (QED) is 0.745. The molecule has 120 valence electrons. The van der Waals surface area contributed by atoms with Crippen molar-refractivity contribution in [3.8, 4) is 0 Å². The number of aryl methyl sites for hydroxylation is 1. The van der Waals surface area contributed by atoms with Gasteiger partial charge < -0.3 is 10.2 Å². The highest BCUT2D eigenvalue weighted by Gasteiger charge is 2.11. The molecule has 0 saturated carbocycles. The number of nitrogens with zero attached hydrogens (tertiary/aromatic N) is 1. The van der Waals surface area contributed by atoms with E-state index in [1.165, 1.54) is 10.5 Å². The minimum Gasteiger partial charge on any atom is -0.347 e. The fourth-order valence-corrected chi connectivity index (χ4v) is 1.94. The maximum atomic E-state index is 12.0. The molecule has 0 unspecified atom stereocenters. The van der Waals surface area contributed by atoms with Gasteiger partial charge in [-0.25, -0.2) is 0 Å². The van der Waals surface area contributed by atoms with Gasteiger partial charge in [-0.2, -0.15) is 0 Å². The summed E-state index contributed by atoms with van der Waals surface area (Å²) in [6, 6.07) is 7.51. The summed E-state index contributed by atoms with van der Waals surface area (Å²) in [5.74, 6) is -0.519. The first-order valence-electron chi connectivity index (χ1n) is 7.53. The van der Waals surface area contributed by atoms with E-state index in [0.717, 1.165) is 12.8 Å². The maximum absolute atomic E-state index is 12.0. The van der Waals surface area contributed by atoms with Crippen molar-refractivity contribution in [2.75, 3.05) is 20.6 Å². The van der Waals surface area contributed by atoms with Crippen LogP contribution in [0.5, 0.6) is 0 Å². The van der Waals surface area contributed by atoms with Crippen molar-refractivity contribution >= 4 is 17.6 Å². The Labute approximate surface area is 131 Å². The molecule has 0 bridgehead atoms. The molecule has 0 saturated heterocycles. The number of carbonyl (C=O) groups is 3. The molecule has 0 atom stereocenters. The molecule has 0 radical (unpaired) electrons. The maximum Gasteiger partial charge on any atom is 0.241 e. The van der Waals surface area contributed by atoms with E-state index in [-0.39, 0.29) is 37.0 Å². The van der Waals surface area contributed by atoms with E-state index < -0.39 is 0 Å². The zero-order chi connectivity index (χ0) is 16.5. The average Bonchev–Trinajstić information content (AvgIpc) is 2.51. The third-order valence-electron chi connectivity index (χ3n) is 3.33. The van der Waals surface area contributed by atoms with Crippen molar-refractivity contribution in [3.63, 3.8) is 0 Å². The summed E-state index contributed by atoms with van der Waals surface area (Å²) >= 11 is 0. The first kappa shape index (κ1) is 17.9. The van der Waals surface area contributed by atoms with Gasteiger partial charge in [0.2, 0.25) is 11.8 Å². The Morgan fingerprint density at radius 1 is 1.05 bits per heavy atom. The molecule has 0 aliphatic rings. The Hall–Kier alpha value is -2.17. The molecule has 1 aromatic carbocycles.